The third-order valence-corrected chi connectivity index (χ3v) is 5.19. The number of nitrogens with one attached hydrogen (secondary N) is 1. The van der Waals surface area contributed by atoms with Gasteiger partial charge < -0.3 is 5.32 Å². The lowest BCUT2D eigenvalue weighted by molar-refractivity contribution is 0.0496. The second kappa shape index (κ2) is 6.01. The molecule has 1 saturated carbocycles. The summed E-state index contributed by atoms with van der Waals surface area (Å²) in [7, 11) is 0. The molecule has 1 aromatic rings. The smallest absolute Gasteiger partial charge is 0.0727 e. The number of aryl methyl sites for hydroxylation is 1. The summed E-state index contributed by atoms with van der Waals surface area (Å²) in [6.45, 7) is 9.84. The molecular formula is C17H28N4. The van der Waals surface area contributed by atoms with E-state index in [9.17, 15) is 0 Å². The molecular weight excluding hydrogens is 260 g/mol. The van der Waals surface area contributed by atoms with Crippen LogP contribution in [0.4, 0.5) is 0 Å². The van der Waals surface area contributed by atoms with Gasteiger partial charge in [0.15, 0.2) is 0 Å². The van der Waals surface area contributed by atoms with Gasteiger partial charge in [-0.1, -0.05) is 26.7 Å². The molecule has 1 spiro atoms. The van der Waals surface area contributed by atoms with Gasteiger partial charge in [0.2, 0.25) is 0 Å². The minimum Gasteiger partial charge on any atom is -0.308 e. The number of hydrogen-bond acceptors (Lipinski definition) is 4. The molecule has 1 aliphatic heterocycles. The fourth-order valence-corrected chi connectivity index (χ4v) is 3.94. The lowest BCUT2D eigenvalue weighted by atomic mass is 9.89. The summed E-state index contributed by atoms with van der Waals surface area (Å²) in [4.78, 5) is 11.6. The van der Waals surface area contributed by atoms with E-state index in [2.05, 4.69) is 34.0 Å². The highest BCUT2D eigenvalue weighted by Gasteiger charge is 2.41. The first-order chi connectivity index (χ1) is 10.1. The van der Waals surface area contributed by atoms with Crippen LogP contribution in [0.3, 0.4) is 0 Å². The largest absolute Gasteiger partial charge is 0.308 e. The van der Waals surface area contributed by atoms with Gasteiger partial charge >= 0.3 is 0 Å². The van der Waals surface area contributed by atoms with Gasteiger partial charge in [-0.2, -0.15) is 0 Å². The highest BCUT2D eigenvalue weighted by atomic mass is 15.3. The van der Waals surface area contributed by atoms with Gasteiger partial charge in [0.05, 0.1) is 11.4 Å². The number of rotatable bonds is 3. The van der Waals surface area contributed by atoms with Crippen LogP contribution in [0.2, 0.25) is 0 Å². The average Bonchev–Trinajstić information content (AvgIpc) is 2.89. The monoisotopic (exact) mass is 288 g/mol. The Morgan fingerprint density at radius 1 is 1.29 bits per heavy atom. The number of hydrogen-bond donors (Lipinski definition) is 1. The number of aromatic nitrogens is 2. The van der Waals surface area contributed by atoms with Crippen molar-refractivity contribution in [2.24, 2.45) is 5.92 Å². The highest BCUT2D eigenvalue weighted by molar-refractivity contribution is 5.05. The van der Waals surface area contributed by atoms with Gasteiger partial charge in [-0.05, 0) is 25.7 Å². The molecule has 4 heteroatoms. The van der Waals surface area contributed by atoms with E-state index in [1.165, 1.54) is 25.7 Å². The van der Waals surface area contributed by atoms with Crippen molar-refractivity contribution < 1.29 is 0 Å². The second-order valence-corrected chi connectivity index (χ2v) is 7.23. The van der Waals surface area contributed by atoms with Crippen LogP contribution in [-0.4, -0.2) is 39.5 Å². The van der Waals surface area contributed by atoms with Gasteiger partial charge in [-0.25, -0.2) is 0 Å². The maximum Gasteiger partial charge on any atom is 0.0727 e. The zero-order valence-electron chi connectivity index (χ0n) is 13.6. The van der Waals surface area contributed by atoms with E-state index in [0.717, 1.165) is 31.0 Å². The Morgan fingerprint density at radius 2 is 2.05 bits per heavy atom. The molecule has 3 rings (SSSR count). The van der Waals surface area contributed by atoms with Crippen molar-refractivity contribution in [2.45, 2.75) is 64.6 Å². The van der Waals surface area contributed by atoms with Crippen LogP contribution >= 0.6 is 0 Å². The Kier molecular flexibility index (Phi) is 4.27. The Morgan fingerprint density at radius 3 is 2.67 bits per heavy atom. The minimum absolute atomic E-state index is 0.365. The zero-order valence-corrected chi connectivity index (χ0v) is 13.6. The minimum atomic E-state index is 0.365. The molecule has 0 radical (unpaired) electrons. The predicted molar refractivity (Wildman–Crippen MR) is 85.0 cm³/mol. The summed E-state index contributed by atoms with van der Waals surface area (Å²) in [6.07, 6.45) is 9.22. The SMILES string of the molecule is Cc1cnc(CN2CC3(CCCC3)NCC2C(C)C)cn1. The first-order valence-electron chi connectivity index (χ1n) is 8.35. The van der Waals surface area contributed by atoms with E-state index >= 15 is 0 Å². The lowest BCUT2D eigenvalue weighted by Gasteiger charge is -2.47. The van der Waals surface area contributed by atoms with Gasteiger partial charge in [-0.15, -0.1) is 0 Å². The second-order valence-electron chi connectivity index (χ2n) is 7.23. The molecule has 0 amide bonds. The fourth-order valence-electron chi connectivity index (χ4n) is 3.94. The van der Waals surface area contributed by atoms with E-state index in [1.54, 1.807) is 0 Å². The predicted octanol–water partition coefficient (Wildman–Crippen LogP) is 2.53. The van der Waals surface area contributed by atoms with E-state index in [4.69, 9.17) is 0 Å². The summed E-state index contributed by atoms with van der Waals surface area (Å²) < 4.78 is 0. The molecule has 1 saturated heterocycles. The molecule has 21 heavy (non-hydrogen) atoms. The third kappa shape index (κ3) is 3.27. The molecule has 1 atom stereocenters. The van der Waals surface area contributed by atoms with Crippen LogP contribution in [0, 0.1) is 12.8 Å². The molecule has 0 bridgehead atoms. The molecule has 2 aliphatic rings. The third-order valence-electron chi connectivity index (χ3n) is 5.19. The Balaban J connectivity index is 1.75. The maximum atomic E-state index is 4.56. The van der Waals surface area contributed by atoms with Gasteiger partial charge in [0.25, 0.3) is 0 Å². The molecule has 1 aromatic heterocycles. The van der Waals surface area contributed by atoms with E-state index in [0.29, 0.717) is 17.5 Å². The van der Waals surface area contributed by atoms with Crippen LogP contribution in [-0.2, 0) is 6.54 Å². The molecule has 4 nitrogen and oxygen atoms in total. The van der Waals surface area contributed by atoms with Crippen molar-refractivity contribution in [3.05, 3.63) is 23.8 Å². The highest BCUT2D eigenvalue weighted by Crippen LogP contribution is 2.34. The van der Waals surface area contributed by atoms with Crippen molar-refractivity contribution in [1.82, 2.24) is 20.2 Å². The van der Waals surface area contributed by atoms with E-state index in [-0.39, 0.29) is 0 Å². The van der Waals surface area contributed by atoms with Crippen molar-refractivity contribution in [2.75, 3.05) is 13.1 Å². The quantitative estimate of drug-likeness (QED) is 0.928. The van der Waals surface area contributed by atoms with Crippen LogP contribution in [0.25, 0.3) is 0 Å². The Bertz CT molecular complexity index is 462. The Hall–Kier alpha value is -1.00. The summed E-state index contributed by atoms with van der Waals surface area (Å²) in [5, 5.41) is 3.87. The standard InChI is InChI=1S/C17H28N4/c1-13(2)16-10-20-17(6-4-5-7-17)12-21(16)11-15-9-18-14(3)8-19-15/h8-9,13,16,20H,4-7,10-12H2,1-3H3. The summed E-state index contributed by atoms with van der Waals surface area (Å²) in [5.74, 6) is 0.662. The zero-order chi connectivity index (χ0) is 14.9. The number of nitrogens with zero attached hydrogens (tertiary/aromatic N) is 3. The Labute approximate surface area is 128 Å². The first-order valence-corrected chi connectivity index (χ1v) is 8.35. The van der Waals surface area contributed by atoms with Gasteiger partial charge in [0.1, 0.15) is 0 Å². The van der Waals surface area contributed by atoms with Crippen LogP contribution in [0.5, 0.6) is 0 Å². The van der Waals surface area contributed by atoms with Crippen LogP contribution < -0.4 is 5.32 Å². The van der Waals surface area contributed by atoms with E-state index < -0.39 is 0 Å². The van der Waals surface area contributed by atoms with Crippen LogP contribution in [0.15, 0.2) is 12.4 Å². The lowest BCUT2D eigenvalue weighted by Crippen LogP contribution is -2.64. The van der Waals surface area contributed by atoms with Gasteiger partial charge in [-0.3, -0.25) is 14.9 Å². The molecule has 1 N–H and O–H groups in total. The van der Waals surface area contributed by atoms with Crippen molar-refractivity contribution in [1.29, 1.82) is 0 Å². The van der Waals surface area contributed by atoms with Crippen molar-refractivity contribution in [3.8, 4) is 0 Å². The number of piperazine rings is 1. The molecule has 0 aromatic carbocycles. The normalized spacial score (nSPS) is 25.8. The van der Waals surface area contributed by atoms with Gasteiger partial charge in [0, 0.05) is 43.6 Å². The van der Waals surface area contributed by atoms with E-state index in [1.807, 2.05) is 19.3 Å². The maximum absolute atomic E-state index is 4.56. The van der Waals surface area contributed by atoms with Crippen molar-refractivity contribution >= 4 is 0 Å². The molecule has 116 valence electrons. The fraction of sp³-hybridized carbons (Fsp3) is 0.765. The molecule has 1 aliphatic carbocycles. The van der Waals surface area contributed by atoms with Crippen molar-refractivity contribution in [3.63, 3.8) is 0 Å². The van der Waals surface area contributed by atoms with Crippen LogP contribution in [0.1, 0.15) is 50.9 Å². The summed E-state index contributed by atoms with van der Waals surface area (Å²) >= 11 is 0. The summed E-state index contributed by atoms with van der Waals surface area (Å²) in [6, 6.07) is 0.597. The molecule has 2 heterocycles. The molecule has 2 fully saturated rings. The summed E-state index contributed by atoms with van der Waals surface area (Å²) in [5.41, 5.74) is 2.46. The topological polar surface area (TPSA) is 41.1 Å². The molecule has 1 unspecified atom stereocenters. The first kappa shape index (κ1) is 14.9. The average molecular weight is 288 g/mol.